The van der Waals surface area contributed by atoms with Crippen molar-refractivity contribution in [2.45, 2.75) is 19.6 Å². The van der Waals surface area contributed by atoms with Crippen molar-refractivity contribution in [1.82, 2.24) is 10.3 Å². The Balaban J connectivity index is 2.10. The Hall–Kier alpha value is -2.62. The van der Waals surface area contributed by atoms with E-state index in [1.54, 1.807) is 0 Å². The lowest BCUT2D eigenvalue weighted by Crippen LogP contribution is -2.31. The van der Waals surface area contributed by atoms with Gasteiger partial charge in [-0.25, -0.2) is 9.78 Å². The Labute approximate surface area is 145 Å². The van der Waals surface area contributed by atoms with Gasteiger partial charge in [-0.2, -0.15) is 5.26 Å². The summed E-state index contributed by atoms with van der Waals surface area (Å²) in [5, 5.41) is 14.8. The van der Waals surface area contributed by atoms with Gasteiger partial charge in [0.25, 0.3) is 0 Å². The molecule has 0 aliphatic carbocycles. The molecule has 0 radical (unpaired) electrons. The van der Waals surface area contributed by atoms with E-state index in [-0.39, 0.29) is 29.1 Å². The van der Waals surface area contributed by atoms with Gasteiger partial charge >= 0.3 is 6.03 Å². The maximum atomic E-state index is 12.1. The number of ether oxygens (including phenoxy) is 1. The van der Waals surface area contributed by atoms with Crippen molar-refractivity contribution in [3.63, 3.8) is 0 Å². The number of nitriles is 1. The lowest BCUT2D eigenvalue weighted by atomic mass is 10.1. The van der Waals surface area contributed by atoms with Crippen LogP contribution in [0.15, 0.2) is 36.4 Å². The standard InChI is InChI=1S/C17H17ClN4O2/c1-11(12-6-4-3-5-7-12)20-17(23)22-16-8-14(18)13(9-19)15(21-16)10-24-2/h3-8,11H,10H2,1-2H3,(H2,20,21,22,23). The van der Waals surface area contributed by atoms with E-state index in [4.69, 9.17) is 21.6 Å². The fourth-order valence-corrected chi connectivity index (χ4v) is 2.42. The predicted molar refractivity (Wildman–Crippen MR) is 91.7 cm³/mol. The molecule has 0 aliphatic heterocycles. The number of aromatic nitrogens is 1. The topological polar surface area (TPSA) is 87.0 Å². The number of urea groups is 1. The fourth-order valence-electron chi connectivity index (χ4n) is 2.16. The number of nitrogens with zero attached hydrogens (tertiary/aromatic N) is 2. The molecule has 7 heteroatoms. The minimum absolute atomic E-state index is 0.125. The van der Waals surface area contributed by atoms with Crippen molar-refractivity contribution in [2.24, 2.45) is 0 Å². The number of methoxy groups -OCH3 is 1. The summed E-state index contributed by atoms with van der Waals surface area (Å²) in [6, 6.07) is 12.4. The Bertz CT molecular complexity index is 759. The van der Waals surface area contributed by atoms with Crippen molar-refractivity contribution < 1.29 is 9.53 Å². The van der Waals surface area contributed by atoms with Crippen LogP contribution in [0.2, 0.25) is 5.02 Å². The molecule has 2 N–H and O–H groups in total. The van der Waals surface area contributed by atoms with E-state index in [9.17, 15) is 4.79 Å². The van der Waals surface area contributed by atoms with Gasteiger partial charge in [-0.3, -0.25) is 5.32 Å². The van der Waals surface area contributed by atoms with E-state index >= 15 is 0 Å². The van der Waals surface area contributed by atoms with Crippen LogP contribution in [-0.4, -0.2) is 18.1 Å². The first kappa shape index (κ1) is 17.7. The van der Waals surface area contributed by atoms with Crippen LogP contribution in [0.25, 0.3) is 0 Å². The second kappa shape index (κ2) is 8.29. The number of hydrogen-bond donors (Lipinski definition) is 2. The van der Waals surface area contributed by atoms with Crippen LogP contribution in [0, 0.1) is 11.3 Å². The summed E-state index contributed by atoms with van der Waals surface area (Å²) in [6.07, 6.45) is 0. The summed E-state index contributed by atoms with van der Waals surface area (Å²) >= 11 is 6.07. The number of benzene rings is 1. The number of amides is 2. The molecule has 0 aliphatic rings. The van der Waals surface area contributed by atoms with E-state index in [0.29, 0.717) is 5.69 Å². The third-order valence-electron chi connectivity index (χ3n) is 3.33. The molecular weight excluding hydrogens is 328 g/mol. The summed E-state index contributed by atoms with van der Waals surface area (Å²) in [6.45, 7) is 2.00. The number of rotatable bonds is 5. The summed E-state index contributed by atoms with van der Waals surface area (Å²) in [5.41, 5.74) is 1.60. The summed E-state index contributed by atoms with van der Waals surface area (Å²) in [5.74, 6) is 0.254. The third kappa shape index (κ3) is 4.44. The average molecular weight is 345 g/mol. The molecule has 124 valence electrons. The summed E-state index contributed by atoms with van der Waals surface area (Å²) < 4.78 is 5.01. The molecular formula is C17H17ClN4O2. The van der Waals surface area contributed by atoms with E-state index in [0.717, 1.165) is 5.56 Å². The zero-order valence-corrected chi connectivity index (χ0v) is 14.1. The predicted octanol–water partition coefficient (Wildman–Crippen LogP) is 3.64. The summed E-state index contributed by atoms with van der Waals surface area (Å²) in [7, 11) is 1.49. The SMILES string of the molecule is COCc1nc(NC(=O)NC(C)c2ccccc2)cc(Cl)c1C#N. The van der Waals surface area contributed by atoms with Gasteiger partial charge in [0.15, 0.2) is 0 Å². The molecule has 1 unspecified atom stereocenters. The quantitative estimate of drug-likeness (QED) is 0.866. The molecule has 0 fully saturated rings. The molecule has 0 saturated carbocycles. The molecule has 1 aromatic carbocycles. The maximum Gasteiger partial charge on any atom is 0.320 e. The Morgan fingerprint density at radius 1 is 1.42 bits per heavy atom. The van der Waals surface area contributed by atoms with Gasteiger partial charge in [0.05, 0.1) is 28.9 Å². The number of anilines is 1. The van der Waals surface area contributed by atoms with Crippen molar-refractivity contribution in [3.05, 3.63) is 58.2 Å². The van der Waals surface area contributed by atoms with E-state index in [1.807, 2.05) is 43.3 Å². The zero-order valence-electron chi connectivity index (χ0n) is 13.3. The molecule has 0 saturated heterocycles. The number of hydrogen-bond acceptors (Lipinski definition) is 4. The van der Waals surface area contributed by atoms with Gasteiger partial charge in [-0.05, 0) is 12.5 Å². The Morgan fingerprint density at radius 2 is 2.12 bits per heavy atom. The van der Waals surface area contributed by atoms with Crippen molar-refractivity contribution in [3.8, 4) is 6.07 Å². The fraction of sp³-hybridized carbons (Fsp3) is 0.235. The minimum Gasteiger partial charge on any atom is -0.378 e. The number of pyridine rings is 1. The van der Waals surface area contributed by atoms with Gasteiger partial charge in [-0.15, -0.1) is 0 Å². The van der Waals surface area contributed by atoms with Crippen molar-refractivity contribution >= 4 is 23.4 Å². The monoisotopic (exact) mass is 344 g/mol. The number of carbonyl (C=O) groups is 1. The molecule has 2 aromatic rings. The smallest absolute Gasteiger partial charge is 0.320 e. The normalized spacial score (nSPS) is 11.4. The number of nitrogens with one attached hydrogen (secondary N) is 2. The van der Waals surface area contributed by atoms with E-state index in [2.05, 4.69) is 15.6 Å². The van der Waals surface area contributed by atoms with Crippen molar-refractivity contribution in [2.75, 3.05) is 12.4 Å². The molecule has 2 rings (SSSR count). The molecule has 1 aromatic heterocycles. The third-order valence-corrected chi connectivity index (χ3v) is 3.63. The first-order valence-electron chi connectivity index (χ1n) is 7.26. The van der Waals surface area contributed by atoms with Crippen LogP contribution in [-0.2, 0) is 11.3 Å². The highest BCUT2D eigenvalue weighted by Crippen LogP contribution is 2.22. The van der Waals surface area contributed by atoms with Gasteiger partial charge in [0.1, 0.15) is 11.9 Å². The highest BCUT2D eigenvalue weighted by molar-refractivity contribution is 6.32. The first-order valence-corrected chi connectivity index (χ1v) is 7.64. The Kier molecular flexibility index (Phi) is 6.13. The lowest BCUT2D eigenvalue weighted by Gasteiger charge is -2.15. The summed E-state index contributed by atoms with van der Waals surface area (Å²) in [4.78, 5) is 16.3. The number of halogens is 1. The largest absolute Gasteiger partial charge is 0.378 e. The number of carbonyl (C=O) groups excluding carboxylic acids is 1. The van der Waals surface area contributed by atoms with Crippen LogP contribution in [0.4, 0.5) is 10.6 Å². The van der Waals surface area contributed by atoms with Gasteiger partial charge < -0.3 is 10.1 Å². The molecule has 6 nitrogen and oxygen atoms in total. The van der Waals surface area contributed by atoms with Gasteiger partial charge in [0, 0.05) is 13.2 Å². The van der Waals surface area contributed by atoms with Gasteiger partial charge in [-0.1, -0.05) is 41.9 Å². The molecule has 0 spiro atoms. The zero-order chi connectivity index (χ0) is 17.5. The second-order valence-electron chi connectivity index (χ2n) is 5.09. The van der Waals surface area contributed by atoms with Gasteiger partial charge in [0.2, 0.25) is 0 Å². The van der Waals surface area contributed by atoms with Crippen LogP contribution >= 0.6 is 11.6 Å². The maximum absolute atomic E-state index is 12.1. The second-order valence-corrected chi connectivity index (χ2v) is 5.49. The molecule has 1 atom stereocenters. The molecule has 2 amide bonds. The highest BCUT2D eigenvalue weighted by Gasteiger charge is 2.14. The van der Waals surface area contributed by atoms with Crippen LogP contribution in [0.3, 0.4) is 0 Å². The molecule has 24 heavy (non-hydrogen) atoms. The average Bonchev–Trinajstić information content (AvgIpc) is 2.55. The van der Waals surface area contributed by atoms with Crippen LogP contribution in [0.1, 0.15) is 29.8 Å². The van der Waals surface area contributed by atoms with E-state index in [1.165, 1.54) is 13.2 Å². The molecule has 1 heterocycles. The van der Waals surface area contributed by atoms with Crippen LogP contribution < -0.4 is 10.6 Å². The van der Waals surface area contributed by atoms with Crippen LogP contribution in [0.5, 0.6) is 0 Å². The van der Waals surface area contributed by atoms with Crippen molar-refractivity contribution in [1.29, 1.82) is 5.26 Å². The highest BCUT2D eigenvalue weighted by atomic mass is 35.5. The minimum atomic E-state index is -0.414. The lowest BCUT2D eigenvalue weighted by molar-refractivity contribution is 0.181. The first-order chi connectivity index (χ1) is 11.5. The molecule has 0 bridgehead atoms. The van der Waals surface area contributed by atoms with E-state index < -0.39 is 6.03 Å². The Morgan fingerprint density at radius 3 is 2.75 bits per heavy atom.